The third-order valence-corrected chi connectivity index (χ3v) is 1.54. The van der Waals surface area contributed by atoms with Crippen molar-refractivity contribution in [3.05, 3.63) is 24.3 Å². The molecule has 1 aromatic carbocycles. The molecule has 0 radical (unpaired) electrons. The van der Waals surface area contributed by atoms with Gasteiger partial charge in [-0.25, -0.2) is 0 Å². The van der Waals surface area contributed by atoms with Gasteiger partial charge < -0.3 is 9.47 Å². The van der Waals surface area contributed by atoms with Crippen molar-refractivity contribution in [2.75, 3.05) is 5.94 Å². The Labute approximate surface area is 84.3 Å². The van der Waals surface area contributed by atoms with E-state index >= 15 is 0 Å². The molecule has 0 aliphatic carbocycles. The van der Waals surface area contributed by atoms with Gasteiger partial charge in [0.05, 0.1) is 6.10 Å². The largest absolute Gasteiger partial charge is 0.491 e. The van der Waals surface area contributed by atoms with Gasteiger partial charge in [-0.3, -0.25) is 0 Å². The molecule has 0 fully saturated rings. The molecule has 72 valence electrons. The Balaban J connectivity index is 2.67. The zero-order valence-corrected chi connectivity index (χ0v) is 8.75. The van der Waals surface area contributed by atoms with E-state index in [9.17, 15) is 0 Å². The first-order valence-electron chi connectivity index (χ1n) is 4.22. The summed E-state index contributed by atoms with van der Waals surface area (Å²) in [5.74, 6) is 1.99. The maximum atomic E-state index is 5.50. The van der Waals surface area contributed by atoms with Crippen LogP contribution in [0.15, 0.2) is 24.3 Å². The zero-order valence-electron chi connectivity index (χ0n) is 7.86. The lowest BCUT2D eigenvalue weighted by Gasteiger charge is -2.10. The third kappa shape index (κ3) is 3.59. The quantitative estimate of drug-likeness (QED) is 0.592. The summed E-state index contributed by atoms with van der Waals surface area (Å²) in [6.07, 6.45) is 0.186. The van der Waals surface area contributed by atoms with E-state index in [0.29, 0.717) is 5.94 Å². The Kier molecular flexibility index (Phi) is 3.96. The molecule has 0 unspecified atom stereocenters. The monoisotopic (exact) mass is 198 g/mol. The molecular formula is C10H14O2S. The minimum Gasteiger partial charge on any atom is -0.491 e. The highest BCUT2D eigenvalue weighted by molar-refractivity contribution is 7.80. The lowest BCUT2D eigenvalue weighted by molar-refractivity contribution is 0.241. The standard InChI is InChI=1S/C10H14O2S/c1-8(2)12-10-5-3-4-9(6-10)11-7-13/h3-6,8,13H,7H2,1-2H3. The van der Waals surface area contributed by atoms with E-state index in [4.69, 9.17) is 9.47 Å². The van der Waals surface area contributed by atoms with Crippen LogP contribution in [0.3, 0.4) is 0 Å². The molecular weight excluding hydrogens is 184 g/mol. The summed E-state index contributed by atoms with van der Waals surface area (Å²) in [4.78, 5) is 0. The Morgan fingerprint density at radius 2 is 2.00 bits per heavy atom. The van der Waals surface area contributed by atoms with Crippen molar-refractivity contribution < 1.29 is 9.47 Å². The van der Waals surface area contributed by atoms with Crippen molar-refractivity contribution in [3.8, 4) is 11.5 Å². The molecule has 2 nitrogen and oxygen atoms in total. The lowest BCUT2D eigenvalue weighted by Crippen LogP contribution is -2.05. The Morgan fingerprint density at radius 1 is 1.31 bits per heavy atom. The molecule has 0 bridgehead atoms. The number of hydrogen-bond donors (Lipinski definition) is 1. The maximum absolute atomic E-state index is 5.50. The van der Waals surface area contributed by atoms with E-state index in [-0.39, 0.29) is 6.10 Å². The molecule has 0 saturated heterocycles. The van der Waals surface area contributed by atoms with Gasteiger partial charge in [0.1, 0.15) is 17.4 Å². The van der Waals surface area contributed by atoms with E-state index in [0.717, 1.165) is 11.5 Å². The molecule has 1 rings (SSSR count). The van der Waals surface area contributed by atoms with Crippen LogP contribution in [0.4, 0.5) is 0 Å². The van der Waals surface area contributed by atoms with Crippen LogP contribution in [0.1, 0.15) is 13.8 Å². The van der Waals surface area contributed by atoms with Gasteiger partial charge in [0, 0.05) is 6.07 Å². The highest BCUT2D eigenvalue weighted by Crippen LogP contribution is 2.20. The number of thiol groups is 1. The lowest BCUT2D eigenvalue weighted by atomic mass is 10.3. The van der Waals surface area contributed by atoms with Gasteiger partial charge in [-0.05, 0) is 26.0 Å². The molecule has 3 heteroatoms. The van der Waals surface area contributed by atoms with E-state index in [1.165, 1.54) is 0 Å². The van der Waals surface area contributed by atoms with Crippen molar-refractivity contribution in [3.63, 3.8) is 0 Å². The van der Waals surface area contributed by atoms with Gasteiger partial charge in [-0.15, -0.1) is 12.6 Å². The average Bonchev–Trinajstić information content (AvgIpc) is 2.04. The molecule has 13 heavy (non-hydrogen) atoms. The smallest absolute Gasteiger partial charge is 0.131 e. The van der Waals surface area contributed by atoms with Crippen LogP contribution in [-0.2, 0) is 0 Å². The first kappa shape index (κ1) is 10.3. The summed E-state index contributed by atoms with van der Waals surface area (Å²) in [5, 5.41) is 0. The van der Waals surface area contributed by atoms with Crippen LogP contribution in [0.2, 0.25) is 0 Å². The molecule has 1 aromatic rings. The van der Waals surface area contributed by atoms with Gasteiger partial charge in [0.25, 0.3) is 0 Å². The summed E-state index contributed by atoms with van der Waals surface area (Å²) < 4.78 is 10.7. The fourth-order valence-corrected chi connectivity index (χ4v) is 1.13. The van der Waals surface area contributed by atoms with Gasteiger partial charge in [-0.1, -0.05) is 6.07 Å². The summed E-state index contributed by atoms with van der Waals surface area (Å²) >= 11 is 3.97. The number of ether oxygens (including phenoxy) is 2. The fourth-order valence-electron chi connectivity index (χ4n) is 0.984. The average molecular weight is 198 g/mol. The van der Waals surface area contributed by atoms with Crippen molar-refractivity contribution in [2.24, 2.45) is 0 Å². The SMILES string of the molecule is CC(C)Oc1cccc(OCS)c1. The second kappa shape index (κ2) is 5.02. The Morgan fingerprint density at radius 3 is 2.62 bits per heavy atom. The van der Waals surface area contributed by atoms with Crippen LogP contribution in [-0.4, -0.2) is 12.0 Å². The number of rotatable bonds is 4. The van der Waals surface area contributed by atoms with E-state index in [2.05, 4.69) is 12.6 Å². The molecule has 0 N–H and O–H groups in total. The van der Waals surface area contributed by atoms with Crippen LogP contribution in [0.25, 0.3) is 0 Å². The molecule has 0 atom stereocenters. The van der Waals surface area contributed by atoms with E-state index < -0.39 is 0 Å². The van der Waals surface area contributed by atoms with Gasteiger partial charge in [0.15, 0.2) is 0 Å². The zero-order chi connectivity index (χ0) is 9.68. The summed E-state index contributed by atoms with van der Waals surface area (Å²) in [6, 6.07) is 7.54. The molecule has 0 aliphatic heterocycles. The predicted molar refractivity (Wildman–Crippen MR) is 56.7 cm³/mol. The predicted octanol–water partition coefficient (Wildman–Crippen LogP) is 2.74. The van der Waals surface area contributed by atoms with Crippen molar-refractivity contribution in [2.45, 2.75) is 20.0 Å². The number of hydrogen-bond acceptors (Lipinski definition) is 3. The van der Waals surface area contributed by atoms with E-state index in [1.54, 1.807) is 0 Å². The molecule has 0 aliphatic rings. The number of benzene rings is 1. The molecule has 0 saturated carbocycles. The maximum Gasteiger partial charge on any atom is 0.131 e. The Bertz CT molecular complexity index is 261. The van der Waals surface area contributed by atoms with Gasteiger partial charge in [-0.2, -0.15) is 0 Å². The van der Waals surface area contributed by atoms with Crippen molar-refractivity contribution >= 4 is 12.6 Å². The molecule has 0 aromatic heterocycles. The Hall–Kier alpha value is -0.830. The van der Waals surface area contributed by atoms with E-state index in [1.807, 2.05) is 38.1 Å². The van der Waals surface area contributed by atoms with Gasteiger partial charge >= 0.3 is 0 Å². The summed E-state index contributed by atoms with van der Waals surface area (Å²) in [6.45, 7) is 3.98. The molecule has 0 spiro atoms. The summed E-state index contributed by atoms with van der Waals surface area (Å²) in [7, 11) is 0. The minimum atomic E-state index is 0.186. The normalized spacial score (nSPS) is 10.2. The van der Waals surface area contributed by atoms with Crippen LogP contribution >= 0.6 is 12.6 Å². The van der Waals surface area contributed by atoms with Crippen molar-refractivity contribution in [1.82, 2.24) is 0 Å². The van der Waals surface area contributed by atoms with Gasteiger partial charge in [0.2, 0.25) is 0 Å². The topological polar surface area (TPSA) is 18.5 Å². The second-order valence-corrected chi connectivity index (χ2v) is 3.17. The fraction of sp³-hybridized carbons (Fsp3) is 0.400. The van der Waals surface area contributed by atoms with Crippen LogP contribution in [0, 0.1) is 0 Å². The first-order valence-corrected chi connectivity index (χ1v) is 4.86. The second-order valence-electron chi connectivity index (χ2n) is 2.91. The highest BCUT2D eigenvalue weighted by atomic mass is 32.1. The molecule has 0 heterocycles. The van der Waals surface area contributed by atoms with Crippen LogP contribution < -0.4 is 9.47 Å². The first-order chi connectivity index (χ1) is 6.22. The highest BCUT2D eigenvalue weighted by Gasteiger charge is 1.98. The van der Waals surface area contributed by atoms with Crippen LogP contribution in [0.5, 0.6) is 11.5 Å². The summed E-state index contributed by atoms with van der Waals surface area (Å²) in [5.41, 5.74) is 0. The van der Waals surface area contributed by atoms with Crippen molar-refractivity contribution in [1.29, 1.82) is 0 Å². The minimum absolute atomic E-state index is 0.186. The molecule has 0 amide bonds. The third-order valence-electron chi connectivity index (χ3n) is 1.41.